The summed E-state index contributed by atoms with van der Waals surface area (Å²) in [6.45, 7) is 8.02. The van der Waals surface area contributed by atoms with Crippen molar-refractivity contribution in [2.24, 2.45) is 5.41 Å². The molecule has 9 heteroatoms. The zero-order chi connectivity index (χ0) is 19.2. The van der Waals surface area contributed by atoms with Crippen molar-refractivity contribution in [3.05, 3.63) is 16.1 Å². The highest BCUT2D eigenvalue weighted by atomic mass is 127. The van der Waals surface area contributed by atoms with E-state index in [1.807, 2.05) is 31.4 Å². The molecule has 1 saturated heterocycles. The molecule has 2 fully saturated rings. The molecule has 1 aliphatic carbocycles. The molecule has 2 aliphatic rings. The van der Waals surface area contributed by atoms with E-state index >= 15 is 0 Å². The molecule has 2 aromatic heterocycles. The predicted octanol–water partition coefficient (Wildman–Crippen LogP) is 2.92. The lowest BCUT2D eigenvalue weighted by Gasteiger charge is -2.44. The molecule has 1 saturated carbocycles. The summed E-state index contributed by atoms with van der Waals surface area (Å²) in [7, 11) is 0. The number of halogens is 1. The largest absolute Gasteiger partial charge is 0.598 e. The molecule has 4 rings (SSSR count). The average molecular weight is 502 g/mol. The maximum atomic E-state index is 12.6. The summed E-state index contributed by atoms with van der Waals surface area (Å²) >= 11 is 1.23. The number of nitrogens with one attached hydrogen (secondary N) is 1. The summed E-state index contributed by atoms with van der Waals surface area (Å²) in [6, 6.07) is 0.347. The molecule has 0 unspecified atom stereocenters. The van der Waals surface area contributed by atoms with Gasteiger partial charge in [0.2, 0.25) is 5.95 Å². The Labute approximate surface area is 177 Å². The van der Waals surface area contributed by atoms with Gasteiger partial charge in [0.1, 0.15) is 11.1 Å². The second kappa shape index (κ2) is 7.31. The molecular formula is C18H27IN6OS. The number of fused-ring (bicyclic) bond motifs is 1. The summed E-state index contributed by atoms with van der Waals surface area (Å²) in [5.74, 6) is 0.922. The van der Waals surface area contributed by atoms with Gasteiger partial charge >= 0.3 is 0 Å². The zero-order valence-corrected chi connectivity index (χ0v) is 19.1. The van der Waals surface area contributed by atoms with Gasteiger partial charge in [-0.1, -0.05) is 6.42 Å². The monoisotopic (exact) mass is 502 g/mol. The number of hydrogen-bond acceptors (Lipinski definition) is 6. The normalized spacial score (nSPS) is 24.0. The maximum absolute atomic E-state index is 12.6. The number of anilines is 1. The fraction of sp³-hybridized carbons (Fsp3) is 0.722. The summed E-state index contributed by atoms with van der Waals surface area (Å²) in [5.41, 5.74) is 1.12. The van der Waals surface area contributed by atoms with E-state index in [1.165, 1.54) is 12.8 Å². The molecule has 0 amide bonds. The minimum atomic E-state index is -1.01. The maximum Gasteiger partial charge on any atom is 0.212 e. The van der Waals surface area contributed by atoms with Crippen LogP contribution < -0.4 is 9.62 Å². The highest BCUT2D eigenvalue weighted by molar-refractivity contribution is 14.1. The first kappa shape index (κ1) is 19.7. The van der Waals surface area contributed by atoms with Gasteiger partial charge in [0.15, 0.2) is 5.65 Å². The van der Waals surface area contributed by atoms with Crippen molar-refractivity contribution < 1.29 is 4.55 Å². The first-order valence-corrected chi connectivity index (χ1v) is 11.8. The molecule has 0 radical (unpaired) electrons. The number of nitrogens with zero attached hydrogens (tertiary/aromatic N) is 5. The van der Waals surface area contributed by atoms with E-state index in [0.717, 1.165) is 47.5 Å². The topological polar surface area (TPSA) is 81.4 Å². The van der Waals surface area contributed by atoms with Gasteiger partial charge < -0.3 is 9.45 Å². The van der Waals surface area contributed by atoms with E-state index in [0.29, 0.717) is 6.04 Å². The Morgan fingerprint density at radius 1 is 1.30 bits per heavy atom. The van der Waals surface area contributed by atoms with E-state index in [4.69, 9.17) is 0 Å². The van der Waals surface area contributed by atoms with E-state index in [9.17, 15) is 4.55 Å². The quantitative estimate of drug-likeness (QED) is 0.514. The Balaban J connectivity index is 1.49. The second-order valence-corrected chi connectivity index (χ2v) is 11.9. The first-order chi connectivity index (χ1) is 12.8. The van der Waals surface area contributed by atoms with Gasteiger partial charge in [0.05, 0.1) is 9.61 Å². The van der Waals surface area contributed by atoms with E-state index in [2.05, 4.69) is 47.4 Å². The SMILES string of the molecule is CC(C)(C)[S@@+]([O-])N[C@@H]1CCCC12CCN(c1ncc(I)c3nncn13)CC2. The van der Waals surface area contributed by atoms with Crippen LogP contribution in [0.3, 0.4) is 0 Å². The summed E-state index contributed by atoms with van der Waals surface area (Å²) in [5, 5.41) is 8.26. The van der Waals surface area contributed by atoms with Crippen LogP contribution in [0.5, 0.6) is 0 Å². The van der Waals surface area contributed by atoms with Crippen molar-refractivity contribution in [1.82, 2.24) is 24.3 Å². The average Bonchev–Trinajstić information content (AvgIpc) is 3.25. The van der Waals surface area contributed by atoms with Crippen LogP contribution >= 0.6 is 22.6 Å². The summed E-state index contributed by atoms with van der Waals surface area (Å²) in [6.07, 6.45) is 9.39. The molecule has 7 nitrogen and oxygen atoms in total. The molecule has 1 N–H and O–H groups in total. The van der Waals surface area contributed by atoms with E-state index in [-0.39, 0.29) is 10.2 Å². The number of piperidine rings is 1. The van der Waals surface area contributed by atoms with Gasteiger partial charge in [0.25, 0.3) is 0 Å². The molecular weight excluding hydrogens is 475 g/mol. The zero-order valence-electron chi connectivity index (χ0n) is 16.1. The van der Waals surface area contributed by atoms with Crippen LogP contribution in [0.15, 0.2) is 12.5 Å². The lowest BCUT2D eigenvalue weighted by Crippen LogP contribution is -2.53. The molecule has 2 aromatic rings. The molecule has 0 aromatic carbocycles. The number of hydrogen-bond donors (Lipinski definition) is 1. The van der Waals surface area contributed by atoms with Crippen molar-refractivity contribution in [2.45, 2.75) is 63.7 Å². The lowest BCUT2D eigenvalue weighted by molar-refractivity contribution is 0.186. The lowest BCUT2D eigenvalue weighted by atomic mass is 9.74. The number of aromatic nitrogens is 4. The van der Waals surface area contributed by atoms with Crippen molar-refractivity contribution in [2.75, 3.05) is 18.0 Å². The Morgan fingerprint density at radius 3 is 2.74 bits per heavy atom. The minimum Gasteiger partial charge on any atom is -0.598 e. The van der Waals surface area contributed by atoms with Crippen molar-refractivity contribution >= 4 is 45.5 Å². The Hall–Kier alpha value is -0.650. The van der Waals surface area contributed by atoms with Gasteiger partial charge in [-0.3, -0.25) is 4.40 Å². The van der Waals surface area contributed by atoms with Gasteiger partial charge in [-0.15, -0.1) is 14.9 Å². The summed E-state index contributed by atoms with van der Waals surface area (Å²) in [4.78, 5) is 7.00. The molecule has 2 atom stereocenters. The molecule has 0 bridgehead atoms. The number of rotatable bonds is 3. The summed E-state index contributed by atoms with van der Waals surface area (Å²) < 4.78 is 18.9. The third kappa shape index (κ3) is 3.67. The fourth-order valence-electron chi connectivity index (χ4n) is 4.39. The Bertz CT molecular complexity index is 814. The molecule has 27 heavy (non-hydrogen) atoms. The first-order valence-electron chi connectivity index (χ1n) is 9.57. The molecule has 1 spiro atoms. The smallest absolute Gasteiger partial charge is 0.212 e. The van der Waals surface area contributed by atoms with Crippen LogP contribution in [0.2, 0.25) is 0 Å². The molecule has 3 heterocycles. The van der Waals surface area contributed by atoms with Crippen LogP contribution in [-0.4, -0.2) is 48.0 Å². The van der Waals surface area contributed by atoms with Gasteiger partial charge in [-0.05, 0) is 74.5 Å². The van der Waals surface area contributed by atoms with Crippen LogP contribution in [0.25, 0.3) is 5.65 Å². The minimum absolute atomic E-state index is 0.227. The predicted molar refractivity (Wildman–Crippen MR) is 116 cm³/mol. The Kier molecular flexibility index (Phi) is 5.32. The Morgan fingerprint density at radius 2 is 2.04 bits per heavy atom. The van der Waals surface area contributed by atoms with Crippen molar-refractivity contribution in [3.63, 3.8) is 0 Å². The van der Waals surface area contributed by atoms with Crippen LogP contribution in [0, 0.1) is 8.99 Å². The van der Waals surface area contributed by atoms with Crippen molar-refractivity contribution in [3.8, 4) is 0 Å². The van der Waals surface area contributed by atoms with Crippen LogP contribution in [-0.2, 0) is 11.4 Å². The van der Waals surface area contributed by atoms with E-state index < -0.39 is 11.4 Å². The van der Waals surface area contributed by atoms with Gasteiger partial charge in [-0.2, -0.15) is 0 Å². The van der Waals surface area contributed by atoms with Crippen LogP contribution in [0.1, 0.15) is 52.9 Å². The standard InChI is InChI=1S/C18H27IN6OS/c1-17(2,3)27(26)23-14-5-4-6-18(14)7-9-24(10-8-18)16-20-11-13(19)15-22-21-12-25(15)16/h11-12,14,23H,4-10H2,1-3H3/t14-,27-/m1/s1. The van der Waals surface area contributed by atoms with E-state index in [1.54, 1.807) is 6.33 Å². The van der Waals surface area contributed by atoms with Gasteiger partial charge in [-0.25, -0.2) is 4.98 Å². The molecule has 1 aliphatic heterocycles. The third-order valence-electron chi connectivity index (χ3n) is 6.02. The molecule has 148 valence electrons. The highest BCUT2D eigenvalue weighted by Gasteiger charge is 2.48. The fourth-order valence-corrected chi connectivity index (χ4v) is 5.88. The van der Waals surface area contributed by atoms with Crippen LogP contribution in [0.4, 0.5) is 5.95 Å². The third-order valence-corrected chi connectivity index (χ3v) is 8.40. The van der Waals surface area contributed by atoms with Gasteiger partial charge in [0, 0.05) is 30.6 Å². The highest BCUT2D eigenvalue weighted by Crippen LogP contribution is 2.47. The van der Waals surface area contributed by atoms with Crippen molar-refractivity contribution in [1.29, 1.82) is 0 Å². The second-order valence-electron chi connectivity index (χ2n) is 8.72.